The third-order valence-corrected chi connectivity index (χ3v) is 3.94. The predicted molar refractivity (Wildman–Crippen MR) is 89.5 cm³/mol. The summed E-state index contributed by atoms with van der Waals surface area (Å²) in [6, 6.07) is 17.9. The van der Waals surface area contributed by atoms with Gasteiger partial charge >= 0.3 is 0 Å². The number of rotatable bonds is 6. The summed E-state index contributed by atoms with van der Waals surface area (Å²) in [5.74, 6) is 1.16. The van der Waals surface area contributed by atoms with Crippen molar-refractivity contribution in [2.75, 3.05) is 5.75 Å². The Hall–Kier alpha value is -2.07. The molecule has 0 saturated carbocycles. The monoisotopic (exact) mass is 298 g/mol. The molecule has 0 aliphatic heterocycles. The van der Waals surface area contributed by atoms with Crippen LogP contribution in [0.1, 0.15) is 16.7 Å². The molecule has 0 aromatic heterocycles. The van der Waals surface area contributed by atoms with Gasteiger partial charge in [-0.2, -0.15) is 5.10 Å². The Morgan fingerprint density at radius 3 is 2.62 bits per heavy atom. The smallest absolute Gasteiger partial charge is 0.250 e. The van der Waals surface area contributed by atoms with Crippen LogP contribution >= 0.6 is 11.8 Å². The summed E-state index contributed by atoms with van der Waals surface area (Å²) < 4.78 is 0. The molecule has 0 atom stereocenters. The van der Waals surface area contributed by atoms with Gasteiger partial charge in [0.2, 0.25) is 5.91 Å². The summed E-state index contributed by atoms with van der Waals surface area (Å²) in [5.41, 5.74) is 6.03. The highest BCUT2D eigenvalue weighted by Crippen LogP contribution is 2.15. The number of nitrogens with one attached hydrogen (secondary N) is 1. The van der Waals surface area contributed by atoms with Crippen molar-refractivity contribution in [1.29, 1.82) is 0 Å². The van der Waals surface area contributed by atoms with Crippen molar-refractivity contribution >= 4 is 23.9 Å². The number of benzene rings is 2. The molecule has 0 saturated heterocycles. The van der Waals surface area contributed by atoms with Crippen LogP contribution in [0.25, 0.3) is 0 Å². The zero-order chi connectivity index (χ0) is 14.9. The molecule has 2 rings (SSSR count). The van der Waals surface area contributed by atoms with Crippen molar-refractivity contribution in [3.05, 3.63) is 71.3 Å². The highest BCUT2D eigenvalue weighted by Gasteiger charge is 2.02. The van der Waals surface area contributed by atoms with Gasteiger partial charge in [0.05, 0.1) is 12.0 Å². The van der Waals surface area contributed by atoms with Crippen LogP contribution in [0.4, 0.5) is 0 Å². The Balaban J connectivity index is 1.71. The zero-order valence-corrected chi connectivity index (χ0v) is 12.8. The summed E-state index contributed by atoms with van der Waals surface area (Å²) in [6.07, 6.45) is 1.64. The molecular formula is C17H18N2OS. The van der Waals surface area contributed by atoms with E-state index in [-0.39, 0.29) is 5.91 Å². The van der Waals surface area contributed by atoms with Crippen molar-refractivity contribution in [3.63, 3.8) is 0 Å². The Morgan fingerprint density at radius 2 is 1.86 bits per heavy atom. The number of thioether (sulfide) groups is 1. The molecule has 0 spiro atoms. The molecule has 0 heterocycles. The lowest BCUT2D eigenvalue weighted by Gasteiger charge is -2.04. The van der Waals surface area contributed by atoms with E-state index in [4.69, 9.17) is 0 Å². The number of hydrogen-bond acceptors (Lipinski definition) is 3. The topological polar surface area (TPSA) is 41.5 Å². The Labute approximate surface area is 129 Å². The van der Waals surface area contributed by atoms with E-state index in [0.29, 0.717) is 5.75 Å². The molecule has 2 aromatic carbocycles. The fourth-order valence-electron chi connectivity index (χ4n) is 1.78. The third-order valence-electron chi connectivity index (χ3n) is 2.95. The molecule has 0 aliphatic rings. The van der Waals surface area contributed by atoms with E-state index in [9.17, 15) is 4.79 Å². The Bertz CT molecular complexity index is 611. The van der Waals surface area contributed by atoms with Crippen molar-refractivity contribution in [2.24, 2.45) is 5.10 Å². The molecular weight excluding hydrogens is 280 g/mol. The number of carbonyl (C=O) groups is 1. The maximum Gasteiger partial charge on any atom is 0.250 e. The molecule has 1 N–H and O–H groups in total. The second-order valence-electron chi connectivity index (χ2n) is 4.62. The van der Waals surface area contributed by atoms with Crippen LogP contribution in [0, 0.1) is 6.92 Å². The van der Waals surface area contributed by atoms with Gasteiger partial charge in [-0.15, -0.1) is 11.8 Å². The van der Waals surface area contributed by atoms with E-state index in [2.05, 4.69) is 29.6 Å². The predicted octanol–water partition coefficient (Wildman–Crippen LogP) is 3.38. The molecule has 108 valence electrons. The minimum absolute atomic E-state index is 0.0826. The molecule has 0 fully saturated rings. The number of hydrogen-bond donors (Lipinski definition) is 1. The molecule has 0 unspecified atom stereocenters. The minimum atomic E-state index is -0.0826. The van der Waals surface area contributed by atoms with Crippen LogP contribution in [-0.4, -0.2) is 17.9 Å². The standard InChI is InChI=1S/C17H18N2OS/c1-14-7-5-6-10-16(14)12-21-13-17(20)19-18-11-15-8-3-2-4-9-15/h2-11H,12-13H2,1H3,(H,19,20)/b18-11+. The number of carbonyl (C=O) groups excluding carboxylic acids is 1. The van der Waals surface area contributed by atoms with Crippen LogP contribution < -0.4 is 5.43 Å². The summed E-state index contributed by atoms with van der Waals surface area (Å²) in [5, 5.41) is 3.95. The SMILES string of the molecule is Cc1ccccc1CSCC(=O)N/N=C/c1ccccc1. The molecule has 2 aromatic rings. The summed E-state index contributed by atoms with van der Waals surface area (Å²) in [4.78, 5) is 11.7. The van der Waals surface area contributed by atoms with Gasteiger partial charge in [0.25, 0.3) is 0 Å². The first-order chi connectivity index (χ1) is 10.3. The van der Waals surface area contributed by atoms with Gasteiger partial charge in [0, 0.05) is 5.75 Å². The average molecular weight is 298 g/mol. The molecule has 1 amide bonds. The fourth-order valence-corrected chi connectivity index (χ4v) is 2.67. The summed E-state index contributed by atoms with van der Waals surface area (Å²) in [7, 11) is 0. The molecule has 0 bridgehead atoms. The first-order valence-electron chi connectivity index (χ1n) is 6.75. The van der Waals surface area contributed by atoms with Crippen LogP contribution in [-0.2, 0) is 10.5 Å². The van der Waals surface area contributed by atoms with Crippen molar-refractivity contribution in [3.8, 4) is 0 Å². The van der Waals surface area contributed by atoms with Gasteiger partial charge in [0.15, 0.2) is 0 Å². The highest BCUT2D eigenvalue weighted by atomic mass is 32.2. The maximum atomic E-state index is 11.7. The molecule has 0 radical (unpaired) electrons. The molecule has 21 heavy (non-hydrogen) atoms. The second-order valence-corrected chi connectivity index (χ2v) is 5.61. The maximum absolute atomic E-state index is 11.7. The van der Waals surface area contributed by atoms with Gasteiger partial charge in [0.1, 0.15) is 0 Å². The van der Waals surface area contributed by atoms with Crippen LogP contribution in [0.2, 0.25) is 0 Å². The molecule has 0 aliphatic carbocycles. The minimum Gasteiger partial charge on any atom is -0.272 e. The van der Waals surface area contributed by atoms with Gasteiger partial charge in [-0.05, 0) is 23.6 Å². The van der Waals surface area contributed by atoms with Crippen molar-refractivity contribution < 1.29 is 4.79 Å². The lowest BCUT2D eigenvalue weighted by atomic mass is 10.1. The second kappa shape index (κ2) is 8.27. The number of aryl methyl sites for hydroxylation is 1. The van der Waals surface area contributed by atoms with Gasteiger partial charge < -0.3 is 0 Å². The summed E-state index contributed by atoms with van der Waals surface area (Å²) >= 11 is 1.59. The Morgan fingerprint density at radius 1 is 1.14 bits per heavy atom. The third kappa shape index (κ3) is 5.44. The lowest BCUT2D eigenvalue weighted by molar-refractivity contribution is -0.118. The first-order valence-corrected chi connectivity index (χ1v) is 7.90. The Kier molecular flexibility index (Phi) is 6.03. The van der Waals surface area contributed by atoms with Crippen LogP contribution in [0.5, 0.6) is 0 Å². The van der Waals surface area contributed by atoms with Crippen molar-refractivity contribution in [2.45, 2.75) is 12.7 Å². The average Bonchev–Trinajstić information content (AvgIpc) is 2.50. The van der Waals surface area contributed by atoms with Crippen LogP contribution in [0.3, 0.4) is 0 Å². The largest absolute Gasteiger partial charge is 0.272 e. The fraction of sp³-hybridized carbons (Fsp3) is 0.176. The number of amides is 1. The highest BCUT2D eigenvalue weighted by molar-refractivity contribution is 7.99. The molecule has 3 nitrogen and oxygen atoms in total. The van der Waals surface area contributed by atoms with Crippen LogP contribution in [0.15, 0.2) is 59.7 Å². The molecule has 4 heteroatoms. The van der Waals surface area contributed by atoms with Crippen molar-refractivity contribution in [1.82, 2.24) is 5.43 Å². The van der Waals surface area contributed by atoms with E-state index in [1.807, 2.05) is 42.5 Å². The number of nitrogens with zero attached hydrogens (tertiary/aromatic N) is 1. The quantitative estimate of drug-likeness (QED) is 0.656. The van der Waals surface area contributed by atoms with E-state index >= 15 is 0 Å². The van der Waals surface area contributed by atoms with E-state index in [1.54, 1.807) is 18.0 Å². The zero-order valence-electron chi connectivity index (χ0n) is 12.0. The van der Waals surface area contributed by atoms with Gasteiger partial charge in [-0.1, -0.05) is 54.6 Å². The first kappa shape index (κ1) is 15.3. The van der Waals surface area contributed by atoms with E-state index < -0.39 is 0 Å². The van der Waals surface area contributed by atoms with E-state index in [1.165, 1.54) is 11.1 Å². The lowest BCUT2D eigenvalue weighted by Crippen LogP contribution is -2.19. The van der Waals surface area contributed by atoms with Gasteiger partial charge in [-0.3, -0.25) is 4.79 Å². The number of hydrazone groups is 1. The van der Waals surface area contributed by atoms with Gasteiger partial charge in [-0.25, -0.2) is 5.43 Å². The van der Waals surface area contributed by atoms with E-state index in [0.717, 1.165) is 11.3 Å². The summed E-state index contributed by atoms with van der Waals surface area (Å²) in [6.45, 7) is 2.08. The normalized spacial score (nSPS) is 10.7.